The minimum absolute atomic E-state index is 0.0576. The highest BCUT2D eigenvalue weighted by atomic mass is 32.1. The summed E-state index contributed by atoms with van der Waals surface area (Å²) in [5.41, 5.74) is 3.96. The second kappa shape index (κ2) is 11.3. The van der Waals surface area contributed by atoms with Gasteiger partial charge in [-0.2, -0.15) is 0 Å². The molecule has 0 bridgehead atoms. The summed E-state index contributed by atoms with van der Waals surface area (Å²) in [5, 5.41) is 5.07. The molecule has 5 rings (SSSR count). The predicted molar refractivity (Wildman–Crippen MR) is 142 cm³/mol. The Bertz CT molecular complexity index is 1130. The van der Waals surface area contributed by atoms with Crippen LogP contribution >= 0.6 is 11.3 Å². The average molecular weight is 487 g/mol. The number of fused-ring (bicyclic) bond motifs is 1. The van der Waals surface area contributed by atoms with Gasteiger partial charge in [-0.25, -0.2) is 0 Å². The molecule has 3 aromatic rings. The first-order valence-corrected chi connectivity index (χ1v) is 13.8. The number of ketones is 1. The molecule has 0 spiro atoms. The van der Waals surface area contributed by atoms with Crippen LogP contribution in [0.4, 0.5) is 0 Å². The fourth-order valence-corrected chi connectivity index (χ4v) is 6.26. The molecule has 5 heteroatoms. The van der Waals surface area contributed by atoms with Crippen LogP contribution in [0.25, 0.3) is 0 Å². The third kappa shape index (κ3) is 5.91. The Hall–Kier alpha value is -2.76. The molecule has 1 atom stereocenters. The number of rotatable bonds is 8. The first-order valence-electron chi connectivity index (χ1n) is 12.9. The van der Waals surface area contributed by atoms with Gasteiger partial charge in [0, 0.05) is 28.5 Å². The van der Waals surface area contributed by atoms with Crippen LogP contribution in [-0.4, -0.2) is 42.8 Å². The maximum absolute atomic E-state index is 13.2. The minimum atomic E-state index is -0.0576. The van der Waals surface area contributed by atoms with Crippen molar-refractivity contribution in [3.63, 3.8) is 0 Å². The molecule has 1 aliphatic carbocycles. The van der Waals surface area contributed by atoms with Crippen molar-refractivity contribution in [2.45, 2.75) is 44.4 Å². The zero-order chi connectivity index (χ0) is 24.0. The Morgan fingerprint density at radius 2 is 1.83 bits per heavy atom. The predicted octanol–water partition coefficient (Wildman–Crippen LogP) is 5.74. The van der Waals surface area contributed by atoms with Crippen LogP contribution in [0.15, 0.2) is 66.0 Å². The van der Waals surface area contributed by atoms with Crippen molar-refractivity contribution in [2.75, 3.05) is 26.2 Å². The summed E-state index contributed by atoms with van der Waals surface area (Å²) in [6, 6.07) is 20.6. The van der Waals surface area contributed by atoms with E-state index in [1.807, 2.05) is 24.3 Å². The van der Waals surface area contributed by atoms with E-state index >= 15 is 0 Å². The summed E-state index contributed by atoms with van der Waals surface area (Å²) in [5.74, 6) is 0.963. The van der Waals surface area contributed by atoms with E-state index in [0.717, 1.165) is 56.4 Å². The lowest BCUT2D eigenvalue weighted by atomic mass is 9.80. The average Bonchev–Trinajstić information content (AvgIpc) is 3.42. The number of likely N-dealkylation sites (tertiary alicyclic amines) is 1. The molecule has 1 aliphatic heterocycles. The van der Waals surface area contributed by atoms with E-state index in [9.17, 15) is 9.59 Å². The first-order chi connectivity index (χ1) is 17.2. The summed E-state index contributed by atoms with van der Waals surface area (Å²) in [4.78, 5) is 29.6. The lowest BCUT2D eigenvalue weighted by Crippen LogP contribution is -2.35. The van der Waals surface area contributed by atoms with Crippen molar-refractivity contribution in [3.8, 4) is 0 Å². The first kappa shape index (κ1) is 24.0. The maximum Gasteiger partial charge on any atom is 0.251 e. The number of nitrogens with zero attached hydrogens (tertiary/aromatic N) is 1. The van der Waals surface area contributed by atoms with Crippen LogP contribution in [0.3, 0.4) is 0 Å². The molecule has 1 aromatic heterocycles. The van der Waals surface area contributed by atoms with Crippen molar-refractivity contribution >= 4 is 23.0 Å². The third-order valence-electron chi connectivity index (χ3n) is 7.66. The molecule has 0 radical (unpaired) electrons. The van der Waals surface area contributed by atoms with Crippen molar-refractivity contribution in [3.05, 3.63) is 93.2 Å². The second-order valence-electron chi connectivity index (χ2n) is 9.87. The summed E-state index contributed by atoms with van der Waals surface area (Å²) < 4.78 is 0. The van der Waals surface area contributed by atoms with E-state index in [2.05, 4.69) is 52.0 Å². The highest BCUT2D eigenvalue weighted by molar-refractivity contribution is 7.09. The molecule has 1 N–H and O–H groups in total. The third-order valence-corrected chi connectivity index (χ3v) is 8.59. The van der Waals surface area contributed by atoms with Gasteiger partial charge in [-0.05, 0) is 98.8 Å². The van der Waals surface area contributed by atoms with E-state index in [4.69, 9.17) is 0 Å². The number of hydrogen-bond acceptors (Lipinski definition) is 4. The summed E-state index contributed by atoms with van der Waals surface area (Å²) >= 11 is 1.71. The Balaban J connectivity index is 1.10. The van der Waals surface area contributed by atoms with Crippen LogP contribution < -0.4 is 5.32 Å². The SMILES string of the molecule is O=C(NCCc1cccs1)c1ccc2c(c1)CCC(CCN1CCC(c3ccccc3)CC1)C2=O. The van der Waals surface area contributed by atoms with Gasteiger partial charge >= 0.3 is 0 Å². The van der Waals surface area contributed by atoms with Gasteiger partial charge in [-0.1, -0.05) is 42.5 Å². The number of carbonyl (C=O) groups excluding carboxylic acids is 2. The van der Waals surface area contributed by atoms with Crippen molar-refractivity contribution < 1.29 is 9.59 Å². The van der Waals surface area contributed by atoms with Crippen LogP contribution in [0.2, 0.25) is 0 Å². The normalized spacial score (nSPS) is 18.9. The number of Topliss-reactive ketones (excluding diaryl/α,β-unsaturated/α-hetero) is 1. The number of carbonyl (C=O) groups is 2. The lowest BCUT2D eigenvalue weighted by molar-refractivity contribution is 0.0875. The molecule has 1 unspecified atom stereocenters. The minimum Gasteiger partial charge on any atom is -0.352 e. The van der Waals surface area contributed by atoms with Crippen LogP contribution in [0.5, 0.6) is 0 Å². The molecule has 2 aliphatic rings. The van der Waals surface area contributed by atoms with Gasteiger partial charge in [0.2, 0.25) is 0 Å². The van der Waals surface area contributed by atoms with Gasteiger partial charge in [-0.3, -0.25) is 9.59 Å². The van der Waals surface area contributed by atoms with Gasteiger partial charge in [0.25, 0.3) is 5.91 Å². The van der Waals surface area contributed by atoms with Gasteiger partial charge in [-0.15, -0.1) is 11.3 Å². The maximum atomic E-state index is 13.2. The molecule has 4 nitrogen and oxygen atoms in total. The number of aryl methyl sites for hydroxylation is 1. The Morgan fingerprint density at radius 3 is 2.60 bits per heavy atom. The molecule has 2 aromatic carbocycles. The largest absolute Gasteiger partial charge is 0.352 e. The van der Waals surface area contributed by atoms with Crippen LogP contribution in [0, 0.1) is 5.92 Å². The van der Waals surface area contributed by atoms with Crippen LogP contribution in [-0.2, 0) is 12.8 Å². The topological polar surface area (TPSA) is 49.4 Å². The number of hydrogen-bond donors (Lipinski definition) is 1. The number of thiophene rings is 1. The fraction of sp³-hybridized carbons (Fsp3) is 0.400. The zero-order valence-electron chi connectivity index (χ0n) is 20.2. The molecule has 1 amide bonds. The van der Waals surface area contributed by atoms with Gasteiger partial charge in [0.05, 0.1) is 0 Å². The Labute approximate surface area is 212 Å². The molecular formula is C30H34N2O2S. The summed E-state index contributed by atoms with van der Waals surface area (Å²) in [6.45, 7) is 3.85. The molecule has 1 fully saturated rings. The highest BCUT2D eigenvalue weighted by Gasteiger charge is 2.29. The molecule has 2 heterocycles. The Kier molecular flexibility index (Phi) is 7.75. The molecule has 1 saturated heterocycles. The van der Waals surface area contributed by atoms with E-state index < -0.39 is 0 Å². The lowest BCUT2D eigenvalue weighted by Gasteiger charge is -2.33. The van der Waals surface area contributed by atoms with E-state index in [-0.39, 0.29) is 17.6 Å². The number of nitrogens with one attached hydrogen (secondary N) is 1. The number of amides is 1. The van der Waals surface area contributed by atoms with E-state index in [0.29, 0.717) is 18.0 Å². The molecular weight excluding hydrogens is 452 g/mol. The van der Waals surface area contributed by atoms with Crippen molar-refractivity contribution in [2.24, 2.45) is 5.92 Å². The Morgan fingerprint density at radius 1 is 1.00 bits per heavy atom. The second-order valence-corrected chi connectivity index (χ2v) is 10.9. The molecule has 182 valence electrons. The zero-order valence-corrected chi connectivity index (χ0v) is 21.1. The summed E-state index contributed by atoms with van der Waals surface area (Å²) in [7, 11) is 0. The highest BCUT2D eigenvalue weighted by Crippen LogP contribution is 2.31. The van der Waals surface area contributed by atoms with Crippen LogP contribution in [0.1, 0.15) is 68.3 Å². The number of benzene rings is 2. The van der Waals surface area contributed by atoms with Crippen molar-refractivity contribution in [1.29, 1.82) is 0 Å². The van der Waals surface area contributed by atoms with Gasteiger partial charge < -0.3 is 10.2 Å². The summed E-state index contributed by atoms with van der Waals surface area (Å²) in [6.07, 6.45) is 5.93. The monoisotopic (exact) mass is 486 g/mol. The number of piperidine rings is 1. The standard InChI is InChI=1S/C30H34N2O2S/c33-29-24(15-19-32-17-13-23(14-18-32)22-5-2-1-3-6-22)8-9-25-21-26(10-11-28(25)29)30(34)31-16-12-27-7-4-20-35-27/h1-7,10-11,20-21,23-24H,8-9,12-19H2,(H,31,34). The van der Waals surface area contributed by atoms with Gasteiger partial charge in [0.1, 0.15) is 0 Å². The molecule has 35 heavy (non-hydrogen) atoms. The molecule has 0 saturated carbocycles. The fourth-order valence-electron chi connectivity index (χ4n) is 5.55. The van der Waals surface area contributed by atoms with Crippen molar-refractivity contribution in [1.82, 2.24) is 10.2 Å². The van der Waals surface area contributed by atoms with E-state index in [1.54, 1.807) is 11.3 Å². The van der Waals surface area contributed by atoms with E-state index in [1.165, 1.54) is 23.3 Å². The quantitative estimate of drug-likeness (QED) is 0.442. The van der Waals surface area contributed by atoms with Gasteiger partial charge in [0.15, 0.2) is 5.78 Å². The smallest absolute Gasteiger partial charge is 0.251 e.